The predicted octanol–water partition coefficient (Wildman–Crippen LogP) is 2.78. The molecule has 0 aliphatic carbocycles. The lowest BCUT2D eigenvalue weighted by molar-refractivity contribution is 0.0519. The van der Waals surface area contributed by atoms with Gasteiger partial charge in [-0.1, -0.05) is 12.1 Å². The Morgan fingerprint density at radius 1 is 1.44 bits per heavy atom. The normalized spacial score (nSPS) is 10.1. The van der Waals surface area contributed by atoms with Crippen LogP contribution in [-0.4, -0.2) is 17.6 Å². The molecular weight excluding hydrogens is 241 g/mol. The van der Waals surface area contributed by atoms with E-state index in [1.165, 1.54) is 18.2 Å². The molecule has 0 atom stereocenters. The topological polar surface area (TPSA) is 61.6 Å². The molecule has 0 aliphatic rings. The molecule has 1 aromatic carbocycles. The Morgan fingerprint density at radius 3 is 2.94 bits per heavy atom. The molecular formula is C12H10FNO4. The van der Waals surface area contributed by atoms with Gasteiger partial charge in [-0.2, -0.15) is 4.98 Å². The first-order valence-electron chi connectivity index (χ1n) is 5.25. The molecule has 0 radical (unpaired) electrons. The molecule has 6 heteroatoms. The Morgan fingerprint density at radius 2 is 2.22 bits per heavy atom. The van der Waals surface area contributed by atoms with Crippen molar-refractivity contribution in [3.63, 3.8) is 0 Å². The summed E-state index contributed by atoms with van der Waals surface area (Å²) in [5.41, 5.74) is -0.0248. The first kappa shape index (κ1) is 12.1. The summed E-state index contributed by atoms with van der Waals surface area (Å²) in [6.07, 6.45) is 0.872. The van der Waals surface area contributed by atoms with E-state index in [2.05, 4.69) is 4.98 Å². The van der Waals surface area contributed by atoms with Crippen LogP contribution in [0.4, 0.5) is 4.39 Å². The van der Waals surface area contributed by atoms with E-state index in [4.69, 9.17) is 13.9 Å². The first-order chi connectivity index (χ1) is 8.70. The fourth-order valence-corrected chi connectivity index (χ4v) is 1.22. The second-order valence-corrected chi connectivity index (χ2v) is 3.25. The van der Waals surface area contributed by atoms with Gasteiger partial charge >= 0.3 is 12.0 Å². The van der Waals surface area contributed by atoms with Gasteiger partial charge in [-0.05, 0) is 19.1 Å². The van der Waals surface area contributed by atoms with Crippen LogP contribution in [0.15, 0.2) is 34.9 Å². The number of carbonyl (C=O) groups excluding carboxylic acids is 1. The third-order valence-corrected chi connectivity index (χ3v) is 2.00. The highest BCUT2D eigenvalue weighted by Crippen LogP contribution is 2.23. The molecule has 0 N–H and O–H groups in total. The van der Waals surface area contributed by atoms with Crippen LogP contribution in [0, 0.1) is 5.82 Å². The fourth-order valence-electron chi connectivity index (χ4n) is 1.22. The van der Waals surface area contributed by atoms with Gasteiger partial charge in [-0.25, -0.2) is 9.18 Å². The number of hydrogen-bond acceptors (Lipinski definition) is 5. The molecule has 2 rings (SSSR count). The van der Waals surface area contributed by atoms with Gasteiger partial charge in [0.05, 0.1) is 6.61 Å². The van der Waals surface area contributed by atoms with Crippen molar-refractivity contribution in [2.45, 2.75) is 6.92 Å². The predicted molar refractivity (Wildman–Crippen MR) is 58.9 cm³/mol. The van der Waals surface area contributed by atoms with Gasteiger partial charge in [0.1, 0.15) is 6.26 Å². The molecule has 18 heavy (non-hydrogen) atoms. The van der Waals surface area contributed by atoms with Crippen molar-refractivity contribution in [1.29, 1.82) is 0 Å². The molecule has 0 bridgehead atoms. The highest BCUT2D eigenvalue weighted by atomic mass is 19.1. The number of esters is 1. The van der Waals surface area contributed by atoms with E-state index in [0.717, 1.165) is 6.26 Å². The van der Waals surface area contributed by atoms with Crippen molar-refractivity contribution in [3.8, 4) is 11.8 Å². The van der Waals surface area contributed by atoms with Gasteiger partial charge in [0.25, 0.3) is 0 Å². The van der Waals surface area contributed by atoms with Gasteiger partial charge in [-0.3, -0.25) is 0 Å². The van der Waals surface area contributed by atoms with Crippen molar-refractivity contribution in [3.05, 3.63) is 42.0 Å². The van der Waals surface area contributed by atoms with Crippen LogP contribution in [0.2, 0.25) is 0 Å². The van der Waals surface area contributed by atoms with Crippen LogP contribution >= 0.6 is 0 Å². The van der Waals surface area contributed by atoms with Gasteiger partial charge < -0.3 is 13.9 Å². The summed E-state index contributed by atoms with van der Waals surface area (Å²) in [6, 6.07) is 5.80. The number of ether oxygens (including phenoxy) is 2. The number of aromatic nitrogens is 1. The molecule has 5 nitrogen and oxygen atoms in total. The van der Waals surface area contributed by atoms with Crippen molar-refractivity contribution < 1.29 is 23.1 Å². The van der Waals surface area contributed by atoms with Gasteiger partial charge in [-0.15, -0.1) is 0 Å². The van der Waals surface area contributed by atoms with Crippen LogP contribution in [0.25, 0.3) is 0 Å². The standard InChI is InChI=1S/C12H10FNO4/c1-2-16-11(15)9-7-17-12(14-9)18-10-6-4-3-5-8(10)13/h3-7H,2H2,1H3. The molecule has 0 fully saturated rings. The van der Waals surface area contributed by atoms with Crippen molar-refractivity contribution in [1.82, 2.24) is 4.98 Å². The minimum atomic E-state index is -0.621. The van der Waals surface area contributed by atoms with Gasteiger partial charge in [0.2, 0.25) is 0 Å². The lowest BCUT2D eigenvalue weighted by Crippen LogP contribution is -2.04. The molecule has 0 amide bonds. The van der Waals surface area contributed by atoms with E-state index in [-0.39, 0.29) is 24.1 Å². The number of halogens is 1. The third kappa shape index (κ3) is 2.65. The summed E-state index contributed by atoms with van der Waals surface area (Å²) < 4.78 is 27.9. The Kier molecular flexibility index (Phi) is 3.57. The molecule has 0 spiro atoms. The van der Waals surface area contributed by atoms with Crippen LogP contribution in [-0.2, 0) is 4.74 Å². The average molecular weight is 251 g/mol. The maximum atomic E-state index is 13.3. The van der Waals surface area contributed by atoms with E-state index in [9.17, 15) is 9.18 Å². The average Bonchev–Trinajstić information content (AvgIpc) is 2.81. The van der Waals surface area contributed by atoms with E-state index in [0.29, 0.717) is 0 Å². The van der Waals surface area contributed by atoms with E-state index in [1.807, 2.05) is 0 Å². The molecule has 2 aromatic rings. The summed E-state index contributed by atoms with van der Waals surface area (Å²) >= 11 is 0. The number of rotatable bonds is 4. The van der Waals surface area contributed by atoms with Gasteiger partial charge in [0, 0.05) is 0 Å². The monoisotopic (exact) mass is 251 g/mol. The summed E-state index contributed by atoms with van der Waals surface area (Å²) in [7, 11) is 0. The highest BCUT2D eigenvalue weighted by Gasteiger charge is 2.15. The lowest BCUT2D eigenvalue weighted by Gasteiger charge is -2.00. The highest BCUT2D eigenvalue weighted by molar-refractivity contribution is 5.86. The summed E-state index contributed by atoms with van der Waals surface area (Å²) in [6.45, 7) is 1.91. The zero-order valence-electron chi connectivity index (χ0n) is 9.55. The first-order valence-corrected chi connectivity index (χ1v) is 5.25. The SMILES string of the molecule is CCOC(=O)c1coc(Oc2ccccc2F)n1. The van der Waals surface area contributed by atoms with E-state index < -0.39 is 11.8 Å². The molecule has 1 heterocycles. The molecule has 0 aliphatic heterocycles. The summed E-state index contributed by atoms with van der Waals surface area (Å²) in [5, 5.41) is 0. The zero-order valence-corrected chi connectivity index (χ0v) is 9.55. The minimum absolute atomic E-state index is 0.0248. The molecule has 94 valence electrons. The van der Waals surface area contributed by atoms with E-state index in [1.54, 1.807) is 13.0 Å². The van der Waals surface area contributed by atoms with Crippen molar-refractivity contribution in [2.75, 3.05) is 6.61 Å². The molecule has 0 saturated carbocycles. The van der Waals surface area contributed by atoms with E-state index >= 15 is 0 Å². The quantitative estimate of drug-likeness (QED) is 0.782. The fraction of sp³-hybridized carbons (Fsp3) is 0.167. The summed E-state index contributed by atoms with van der Waals surface area (Å²) in [5.74, 6) is -1.20. The number of hydrogen-bond donors (Lipinski definition) is 0. The number of oxazole rings is 1. The summed E-state index contributed by atoms with van der Waals surface area (Å²) in [4.78, 5) is 15.0. The Hall–Kier alpha value is -2.37. The number of benzene rings is 1. The lowest BCUT2D eigenvalue weighted by atomic mass is 10.3. The Labute approximate surface area is 102 Å². The largest absolute Gasteiger partial charge is 0.461 e. The van der Waals surface area contributed by atoms with Gasteiger partial charge in [0.15, 0.2) is 17.3 Å². The molecule has 1 aromatic heterocycles. The number of carbonyl (C=O) groups is 1. The molecule has 0 saturated heterocycles. The maximum absolute atomic E-state index is 13.3. The van der Waals surface area contributed by atoms with Crippen LogP contribution in [0.1, 0.15) is 17.4 Å². The van der Waals surface area contributed by atoms with Crippen LogP contribution < -0.4 is 4.74 Å². The van der Waals surface area contributed by atoms with Crippen molar-refractivity contribution in [2.24, 2.45) is 0 Å². The van der Waals surface area contributed by atoms with Crippen LogP contribution in [0.5, 0.6) is 11.8 Å². The Balaban J connectivity index is 2.12. The molecule has 0 unspecified atom stereocenters. The number of para-hydroxylation sites is 1. The smallest absolute Gasteiger partial charge is 0.400 e. The number of nitrogens with zero attached hydrogens (tertiary/aromatic N) is 1. The van der Waals surface area contributed by atoms with Crippen LogP contribution in [0.3, 0.4) is 0 Å². The second kappa shape index (κ2) is 5.31. The minimum Gasteiger partial charge on any atom is -0.461 e. The van der Waals surface area contributed by atoms with Crippen molar-refractivity contribution >= 4 is 5.97 Å². The maximum Gasteiger partial charge on any atom is 0.400 e. The third-order valence-electron chi connectivity index (χ3n) is 2.00. The zero-order chi connectivity index (χ0) is 13.0. The Bertz CT molecular complexity index is 553. The second-order valence-electron chi connectivity index (χ2n) is 3.25.